The lowest BCUT2D eigenvalue weighted by Gasteiger charge is -2.26. The van der Waals surface area contributed by atoms with E-state index in [1.807, 2.05) is 18.4 Å². The maximum Gasteiger partial charge on any atom is 0.303 e. The van der Waals surface area contributed by atoms with E-state index in [1.54, 1.807) is 11.3 Å². The monoisotopic (exact) mass is 522 g/mol. The predicted octanol–water partition coefficient (Wildman–Crippen LogP) is 5.20. The largest absolute Gasteiger partial charge is 0.481 e. The minimum absolute atomic E-state index is 0.109. The minimum atomic E-state index is -0.792. The van der Waals surface area contributed by atoms with Crippen molar-refractivity contribution in [3.63, 3.8) is 0 Å². The van der Waals surface area contributed by atoms with Crippen molar-refractivity contribution in [3.8, 4) is 0 Å². The second kappa shape index (κ2) is 14.3. The standard InChI is InChI=1S/C27H39ClN2O4S/c1-3-5-25(27-21(11-13-35-27)9-10-26(32)33)34-17-23(31)16-29-18-30-12-4-6-22(30)14-20-8-7-19(2)24(28)15-20/h7-8,11,13,15,22-23,25,29,31H,3-6,9-10,12,14,16-18H2,1-2H3,(H,32,33)/t22-,23+,25?/m0/s1. The molecule has 3 atom stereocenters. The van der Waals surface area contributed by atoms with Crippen LogP contribution in [0, 0.1) is 6.92 Å². The number of carboxylic acids is 1. The van der Waals surface area contributed by atoms with E-state index in [1.165, 1.54) is 18.4 Å². The molecule has 2 aromatic rings. The molecule has 1 aliphatic rings. The van der Waals surface area contributed by atoms with Gasteiger partial charge >= 0.3 is 5.97 Å². The zero-order valence-electron chi connectivity index (χ0n) is 20.8. The summed E-state index contributed by atoms with van der Waals surface area (Å²) in [4.78, 5) is 14.5. The average molecular weight is 523 g/mol. The Labute approximate surface area is 218 Å². The van der Waals surface area contributed by atoms with Crippen LogP contribution in [-0.4, -0.2) is 59.6 Å². The number of hydrogen-bond acceptors (Lipinski definition) is 6. The fourth-order valence-electron chi connectivity index (χ4n) is 4.66. The lowest BCUT2D eigenvalue weighted by Crippen LogP contribution is -2.42. The smallest absolute Gasteiger partial charge is 0.303 e. The SMILES string of the molecule is CCCC(OC[C@H](O)CNCN1CCC[C@H]1Cc1ccc(C)c(Cl)c1)c1sccc1CCC(=O)O. The molecule has 0 amide bonds. The van der Waals surface area contributed by atoms with Crippen molar-refractivity contribution in [2.24, 2.45) is 0 Å². The van der Waals surface area contributed by atoms with Crippen LogP contribution in [0.1, 0.15) is 66.7 Å². The van der Waals surface area contributed by atoms with Crippen LogP contribution in [0.4, 0.5) is 0 Å². The van der Waals surface area contributed by atoms with Gasteiger partial charge < -0.3 is 20.3 Å². The van der Waals surface area contributed by atoms with Crippen molar-refractivity contribution in [1.29, 1.82) is 0 Å². The van der Waals surface area contributed by atoms with E-state index in [0.29, 0.717) is 19.0 Å². The fourth-order valence-corrected chi connectivity index (χ4v) is 5.90. The Hall–Kier alpha value is -1.48. The number of thiophene rings is 1. The number of aliphatic hydroxyl groups excluding tert-OH is 1. The van der Waals surface area contributed by atoms with Crippen molar-refractivity contribution >= 4 is 28.9 Å². The summed E-state index contributed by atoms with van der Waals surface area (Å²) in [5.41, 5.74) is 3.41. The Balaban J connectivity index is 1.43. The van der Waals surface area contributed by atoms with Crippen LogP contribution in [0.15, 0.2) is 29.6 Å². The van der Waals surface area contributed by atoms with Crippen LogP contribution >= 0.6 is 22.9 Å². The fraction of sp³-hybridized carbons (Fsp3) is 0.593. The molecule has 3 rings (SSSR count). The molecule has 1 saturated heterocycles. The van der Waals surface area contributed by atoms with Crippen molar-refractivity contribution in [3.05, 3.63) is 56.2 Å². The van der Waals surface area contributed by atoms with E-state index in [0.717, 1.165) is 53.5 Å². The first-order valence-corrected chi connectivity index (χ1v) is 13.9. The molecule has 3 N–H and O–H groups in total. The highest BCUT2D eigenvalue weighted by molar-refractivity contribution is 7.10. The highest BCUT2D eigenvalue weighted by atomic mass is 35.5. The van der Waals surface area contributed by atoms with Crippen molar-refractivity contribution in [2.45, 2.75) is 77.0 Å². The number of carbonyl (C=O) groups is 1. The van der Waals surface area contributed by atoms with Gasteiger partial charge in [0.25, 0.3) is 0 Å². The number of halogens is 1. The summed E-state index contributed by atoms with van der Waals surface area (Å²) in [6.45, 7) is 6.64. The summed E-state index contributed by atoms with van der Waals surface area (Å²) in [6.07, 6.45) is 5.05. The number of carboxylic acid groups (broad SMARTS) is 1. The Morgan fingerprint density at radius 2 is 2.20 bits per heavy atom. The number of aliphatic hydroxyl groups is 1. The van der Waals surface area contributed by atoms with Gasteiger partial charge in [0, 0.05) is 35.6 Å². The summed E-state index contributed by atoms with van der Waals surface area (Å²) in [5.74, 6) is -0.792. The van der Waals surface area contributed by atoms with Crippen LogP contribution in [0.2, 0.25) is 5.02 Å². The van der Waals surface area contributed by atoms with E-state index in [2.05, 4.69) is 35.3 Å². The summed E-state index contributed by atoms with van der Waals surface area (Å²) < 4.78 is 6.13. The quantitative estimate of drug-likeness (QED) is 0.298. The number of hydrogen-bond donors (Lipinski definition) is 3. The van der Waals surface area contributed by atoms with Crippen molar-refractivity contribution in [2.75, 3.05) is 26.4 Å². The van der Waals surface area contributed by atoms with Gasteiger partial charge in [-0.15, -0.1) is 11.3 Å². The second-order valence-electron chi connectivity index (χ2n) is 9.48. The van der Waals surface area contributed by atoms with E-state index in [9.17, 15) is 9.90 Å². The number of likely N-dealkylation sites (tertiary alicyclic amines) is 1. The molecule has 0 aliphatic carbocycles. The summed E-state index contributed by atoms with van der Waals surface area (Å²) in [5, 5.41) is 25.8. The van der Waals surface area contributed by atoms with Crippen LogP contribution < -0.4 is 5.32 Å². The summed E-state index contributed by atoms with van der Waals surface area (Å²) in [7, 11) is 0. The molecule has 35 heavy (non-hydrogen) atoms. The molecule has 2 heterocycles. The lowest BCUT2D eigenvalue weighted by atomic mass is 10.0. The predicted molar refractivity (Wildman–Crippen MR) is 142 cm³/mol. The Kier molecular flexibility index (Phi) is 11.5. The van der Waals surface area contributed by atoms with Gasteiger partial charge in [-0.3, -0.25) is 9.69 Å². The molecule has 194 valence electrons. The van der Waals surface area contributed by atoms with Crippen LogP contribution in [-0.2, 0) is 22.4 Å². The Bertz CT molecular complexity index is 938. The van der Waals surface area contributed by atoms with Gasteiger partial charge in [0.2, 0.25) is 0 Å². The number of ether oxygens (including phenoxy) is 1. The first-order valence-electron chi connectivity index (χ1n) is 12.6. The molecule has 1 aliphatic heterocycles. The normalized spacial score (nSPS) is 18.1. The maximum atomic E-state index is 11.0. The molecule has 8 heteroatoms. The number of benzene rings is 1. The van der Waals surface area contributed by atoms with E-state index >= 15 is 0 Å². The summed E-state index contributed by atoms with van der Waals surface area (Å²) >= 11 is 7.91. The van der Waals surface area contributed by atoms with Gasteiger partial charge in [0.15, 0.2) is 0 Å². The molecule has 0 saturated carbocycles. The van der Waals surface area contributed by atoms with Gasteiger partial charge in [-0.05, 0) is 79.8 Å². The van der Waals surface area contributed by atoms with Crippen molar-refractivity contribution in [1.82, 2.24) is 10.2 Å². The van der Waals surface area contributed by atoms with Gasteiger partial charge in [-0.2, -0.15) is 0 Å². The van der Waals surface area contributed by atoms with Gasteiger partial charge in [-0.1, -0.05) is 37.1 Å². The Morgan fingerprint density at radius 1 is 1.37 bits per heavy atom. The first-order chi connectivity index (χ1) is 16.9. The third kappa shape index (κ3) is 8.85. The lowest BCUT2D eigenvalue weighted by molar-refractivity contribution is -0.136. The average Bonchev–Trinajstić information content (AvgIpc) is 3.47. The van der Waals surface area contributed by atoms with E-state index in [4.69, 9.17) is 21.4 Å². The molecule has 0 bridgehead atoms. The number of rotatable bonds is 15. The van der Waals surface area contributed by atoms with E-state index < -0.39 is 12.1 Å². The molecular weight excluding hydrogens is 484 g/mol. The Morgan fingerprint density at radius 3 is 2.94 bits per heavy atom. The molecule has 1 fully saturated rings. The third-order valence-corrected chi connectivity index (χ3v) is 8.08. The molecule has 1 aromatic heterocycles. The number of aliphatic carboxylic acids is 1. The van der Waals surface area contributed by atoms with Crippen LogP contribution in [0.3, 0.4) is 0 Å². The van der Waals surface area contributed by atoms with Gasteiger partial charge in [-0.25, -0.2) is 0 Å². The molecule has 6 nitrogen and oxygen atoms in total. The van der Waals surface area contributed by atoms with Crippen molar-refractivity contribution < 1.29 is 19.7 Å². The van der Waals surface area contributed by atoms with Crippen LogP contribution in [0.25, 0.3) is 0 Å². The highest BCUT2D eigenvalue weighted by Crippen LogP contribution is 2.32. The molecule has 1 unspecified atom stereocenters. The summed E-state index contributed by atoms with van der Waals surface area (Å²) in [6, 6.07) is 8.80. The van der Waals surface area contributed by atoms with Crippen LogP contribution in [0.5, 0.6) is 0 Å². The molecular formula is C27H39ClN2O4S. The molecule has 1 aromatic carbocycles. The molecule has 0 spiro atoms. The topological polar surface area (TPSA) is 82.0 Å². The van der Waals surface area contributed by atoms with E-state index in [-0.39, 0.29) is 19.1 Å². The molecule has 0 radical (unpaired) electrons. The minimum Gasteiger partial charge on any atom is -0.481 e. The zero-order chi connectivity index (χ0) is 25.2. The first kappa shape index (κ1) is 28.1. The highest BCUT2D eigenvalue weighted by Gasteiger charge is 2.25. The van der Waals surface area contributed by atoms with Gasteiger partial charge in [0.1, 0.15) is 0 Å². The maximum absolute atomic E-state index is 11.0. The number of nitrogens with zero attached hydrogens (tertiary/aromatic N) is 1. The zero-order valence-corrected chi connectivity index (χ0v) is 22.4. The van der Waals surface area contributed by atoms with Gasteiger partial charge in [0.05, 0.1) is 18.8 Å². The third-order valence-electron chi connectivity index (χ3n) is 6.62. The number of nitrogens with one attached hydrogen (secondary N) is 1. The number of aryl methyl sites for hydroxylation is 2. The second-order valence-corrected chi connectivity index (χ2v) is 10.8.